The van der Waals surface area contributed by atoms with E-state index >= 15 is 0 Å². The molecule has 0 bridgehead atoms. The van der Waals surface area contributed by atoms with Crippen molar-refractivity contribution < 1.29 is 9.59 Å². The summed E-state index contributed by atoms with van der Waals surface area (Å²) in [6, 6.07) is 7.30. The number of Topliss-reactive ketones (excluding diaryl/α,β-unsaturated/α-hetero) is 1. The number of ketones is 1. The van der Waals surface area contributed by atoms with Crippen LogP contribution in [0.1, 0.15) is 46.0 Å². The van der Waals surface area contributed by atoms with E-state index in [1.54, 1.807) is 24.0 Å². The first kappa shape index (κ1) is 16.7. The molecule has 0 saturated carbocycles. The molecule has 0 fully saturated rings. The summed E-state index contributed by atoms with van der Waals surface area (Å²) in [5.41, 5.74) is 0.880. The van der Waals surface area contributed by atoms with E-state index in [9.17, 15) is 9.59 Å². The van der Waals surface area contributed by atoms with E-state index in [-0.39, 0.29) is 11.7 Å². The molecule has 0 aliphatic rings. The summed E-state index contributed by atoms with van der Waals surface area (Å²) in [5.74, 6) is 0.338. The Morgan fingerprint density at radius 1 is 1.05 bits per heavy atom. The van der Waals surface area contributed by atoms with Crippen LogP contribution in [0.5, 0.6) is 0 Å². The van der Waals surface area contributed by atoms with Gasteiger partial charge in [-0.25, -0.2) is 0 Å². The smallest absolute Gasteiger partial charge is 0.226 e. The van der Waals surface area contributed by atoms with Crippen LogP contribution in [0.2, 0.25) is 5.02 Å². The van der Waals surface area contributed by atoms with Gasteiger partial charge in [-0.1, -0.05) is 18.0 Å². The number of anilines is 1. The molecule has 0 aromatic heterocycles. The number of nitrogens with zero attached hydrogens (tertiary/aromatic N) is 1. The first-order valence-electron chi connectivity index (χ1n) is 7.10. The summed E-state index contributed by atoms with van der Waals surface area (Å²) >= 11 is 5.85. The SMILES string of the molecule is CCN(C(=O)CCCCCC(C)=O)c1ccc(Cl)cc1. The summed E-state index contributed by atoms with van der Waals surface area (Å²) in [7, 11) is 0. The molecule has 0 atom stereocenters. The van der Waals surface area contributed by atoms with Gasteiger partial charge >= 0.3 is 0 Å². The molecular formula is C16H22ClNO2. The minimum Gasteiger partial charge on any atom is -0.313 e. The van der Waals surface area contributed by atoms with Crippen LogP contribution >= 0.6 is 11.6 Å². The highest BCUT2D eigenvalue weighted by Crippen LogP contribution is 2.19. The lowest BCUT2D eigenvalue weighted by molar-refractivity contribution is -0.118. The molecule has 0 unspecified atom stereocenters. The third-order valence-corrected chi connectivity index (χ3v) is 3.43. The second-order valence-corrected chi connectivity index (χ2v) is 5.31. The number of carbonyl (C=O) groups excluding carboxylic acids is 2. The lowest BCUT2D eigenvalue weighted by atomic mass is 10.1. The highest BCUT2D eigenvalue weighted by molar-refractivity contribution is 6.30. The molecule has 0 saturated heterocycles. The van der Waals surface area contributed by atoms with Gasteiger partial charge in [-0.05, 0) is 51.0 Å². The second-order valence-electron chi connectivity index (χ2n) is 4.88. The summed E-state index contributed by atoms with van der Waals surface area (Å²) in [6.45, 7) is 4.21. The number of hydrogen-bond donors (Lipinski definition) is 0. The van der Waals surface area contributed by atoms with Gasteiger partial charge in [0.2, 0.25) is 5.91 Å². The van der Waals surface area contributed by atoms with Crippen LogP contribution in [-0.2, 0) is 9.59 Å². The lowest BCUT2D eigenvalue weighted by Gasteiger charge is -2.21. The molecule has 1 aromatic carbocycles. The largest absolute Gasteiger partial charge is 0.313 e. The number of benzene rings is 1. The predicted octanol–water partition coefficient (Wildman–Crippen LogP) is 4.23. The van der Waals surface area contributed by atoms with Crippen LogP contribution in [0.15, 0.2) is 24.3 Å². The fraction of sp³-hybridized carbons (Fsp3) is 0.500. The zero-order valence-electron chi connectivity index (χ0n) is 12.2. The standard InChI is InChI=1S/C16H22ClNO2/c1-3-18(15-11-9-14(17)10-12-15)16(20)8-6-4-5-7-13(2)19/h9-12H,3-8H2,1-2H3. The second kappa shape index (κ2) is 8.75. The maximum atomic E-state index is 12.2. The van der Waals surface area contributed by atoms with Crippen molar-refractivity contribution in [3.05, 3.63) is 29.3 Å². The molecule has 0 radical (unpaired) electrons. The van der Waals surface area contributed by atoms with Crippen molar-refractivity contribution >= 4 is 29.0 Å². The van der Waals surface area contributed by atoms with E-state index < -0.39 is 0 Å². The maximum absolute atomic E-state index is 12.2. The Morgan fingerprint density at radius 3 is 2.20 bits per heavy atom. The van der Waals surface area contributed by atoms with Gasteiger partial charge in [-0.3, -0.25) is 4.79 Å². The first-order chi connectivity index (χ1) is 9.54. The molecule has 1 rings (SSSR count). The van der Waals surface area contributed by atoms with E-state index in [2.05, 4.69) is 0 Å². The Balaban J connectivity index is 2.43. The van der Waals surface area contributed by atoms with Crippen molar-refractivity contribution in [1.29, 1.82) is 0 Å². The van der Waals surface area contributed by atoms with Crippen molar-refractivity contribution in [3.8, 4) is 0 Å². The number of halogens is 1. The predicted molar refractivity (Wildman–Crippen MR) is 83.2 cm³/mol. The number of unbranched alkanes of at least 4 members (excludes halogenated alkanes) is 2. The lowest BCUT2D eigenvalue weighted by Crippen LogP contribution is -2.30. The number of rotatable bonds is 8. The Kier molecular flexibility index (Phi) is 7.31. The third-order valence-electron chi connectivity index (χ3n) is 3.18. The van der Waals surface area contributed by atoms with Crippen LogP contribution in [0.3, 0.4) is 0 Å². The highest BCUT2D eigenvalue weighted by atomic mass is 35.5. The van der Waals surface area contributed by atoms with Crippen molar-refractivity contribution in [3.63, 3.8) is 0 Å². The van der Waals surface area contributed by atoms with Gasteiger partial charge in [0.25, 0.3) is 0 Å². The van der Waals surface area contributed by atoms with Gasteiger partial charge in [-0.2, -0.15) is 0 Å². The minimum absolute atomic E-state index is 0.123. The molecule has 0 spiro atoms. The van der Waals surface area contributed by atoms with Crippen LogP contribution in [0, 0.1) is 0 Å². The molecular weight excluding hydrogens is 274 g/mol. The van der Waals surface area contributed by atoms with Crippen molar-refractivity contribution in [2.24, 2.45) is 0 Å². The molecule has 0 aliphatic carbocycles. The molecule has 110 valence electrons. The third kappa shape index (κ3) is 5.74. The van der Waals surface area contributed by atoms with Crippen molar-refractivity contribution in [2.75, 3.05) is 11.4 Å². The highest BCUT2D eigenvalue weighted by Gasteiger charge is 2.13. The minimum atomic E-state index is 0.123. The molecule has 0 N–H and O–H groups in total. The van der Waals surface area contributed by atoms with Gasteiger partial charge < -0.3 is 9.69 Å². The summed E-state index contributed by atoms with van der Waals surface area (Å²) in [4.78, 5) is 24.8. The number of amides is 1. The fourth-order valence-electron chi connectivity index (χ4n) is 2.09. The van der Waals surface area contributed by atoms with Crippen molar-refractivity contribution in [1.82, 2.24) is 0 Å². The zero-order valence-corrected chi connectivity index (χ0v) is 12.9. The topological polar surface area (TPSA) is 37.4 Å². The molecule has 1 aromatic rings. The Morgan fingerprint density at radius 2 is 1.65 bits per heavy atom. The first-order valence-corrected chi connectivity index (χ1v) is 7.47. The molecule has 3 nitrogen and oxygen atoms in total. The van der Waals surface area contributed by atoms with Gasteiger partial charge in [0.1, 0.15) is 5.78 Å². The molecule has 1 amide bonds. The summed E-state index contributed by atoms with van der Waals surface area (Å²) in [5, 5.41) is 0.668. The van der Waals surface area contributed by atoms with Crippen LogP contribution in [0.4, 0.5) is 5.69 Å². The van der Waals surface area contributed by atoms with Crippen LogP contribution in [0.25, 0.3) is 0 Å². The summed E-state index contributed by atoms with van der Waals surface area (Å²) < 4.78 is 0. The normalized spacial score (nSPS) is 10.3. The Bertz CT molecular complexity index is 442. The summed E-state index contributed by atoms with van der Waals surface area (Å²) in [6.07, 6.45) is 3.76. The molecule has 20 heavy (non-hydrogen) atoms. The average molecular weight is 296 g/mol. The van der Waals surface area contributed by atoms with Gasteiger partial charge in [-0.15, -0.1) is 0 Å². The number of hydrogen-bond acceptors (Lipinski definition) is 2. The van der Waals surface area contributed by atoms with Crippen molar-refractivity contribution in [2.45, 2.75) is 46.0 Å². The zero-order chi connectivity index (χ0) is 15.0. The van der Waals surface area contributed by atoms with Crippen LogP contribution < -0.4 is 4.90 Å². The molecule has 0 heterocycles. The van der Waals surface area contributed by atoms with E-state index in [4.69, 9.17) is 11.6 Å². The fourth-order valence-corrected chi connectivity index (χ4v) is 2.21. The Labute approximate surface area is 125 Å². The van der Waals surface area contributed by atoms with Gasteiger partial charge in [0.15, 0.2) is 0 Å². The monoisotopic (exact) mass is 295 g/mol. The van der Waals surface area contributed by atoms with E-state index in [0.29, 0.717) is 24.4 Å². The quantitative estimate of drug-likeness (QED) is 0.673. The van der Waals surface area contributed by atoms with E-state index in [1.807, 2.05) is 19.1 Å². The molecule has 4 heteroatoms. The van der Waals surface area contributed by atoms with Crippen LogP contribution in [-0.4, -0.2) is 18.2 Å². The van der Waals surface area contributed by atoms with Gasteiger partial charge in [0.05, 0.1) is 0 Å². The average Bonchev–Trinajstić information content (AvgIpc) is 2.41. The van der Waals surface area contributed by atoms with Gasteiger partial charge in [0, 0.05) is 30.1 Å². The van der Waals surface area contributed by atoms with E-state index in [1.165, 1.54) is 0 Å². The maximum Gasteiger partial charge on any atom is 0.226 e. The Hall–Kier alpha value is -1.35. The number of carbonyl (C=O) groups is 2. The molecule has 0 aliphatic heterocycles. The van der Waals surface area contributed by atoms with E-state index in [0.717, 1.165) is 24.9 Å².